The van der Waals surface area contributed by atoms with Gasteiger partial charge in [-0.2, -0.15) is 0 Å². The molecule has 2 aliphatic rings. The second-order valence-electron chi connectivity index (χ2n) is 8.94. The van der Waals surface area contributed by atoms with Gasteiger partial charge in [0, 0.05) is 0 Å². The van der Waals surface area contributed by atoms with Crippen LogP contribution in [0.5, 0.6) is 0 Å². The van der Waals surface area contributed by atoms with E-state index in [2.05, 4.69) is 6.58 Å². The van der Waals surface area contributed by atoms with Crippen molar-refractivity contribution in [2.75, 3.05) is 6.61 Å². The molecule has 2 heterocycles. The molecule has 10 heteroatoms. The van der Waals surface area contributed by atoms with Crippen molar-refractivity contribution < 1.29 is 49.6 Å². The molecule has 32 heavy (non-hydrogen) atoms. The maximum absolute atomic E-state index is 10.9. The second kappa shape index (κ2) is 11.5. The lowest BCUT2D eigenvalue weighted by atomic mass is 9.96. The minimum Gasteiger partial charge on any atom is -0.394 e. The van der Waals surface area contributed by atoms with Crippen LogP contribution in [0.2, 0.25) is 0 Å². The Labute approximate surface area is 188 Å². The van der Waals surface area contributed by atoms with E-state index in [1.165, 1.54) is 6.92 Å². The van der Waals surface area contributed by atoms with E-state index in [0.717, 1.165) is 5.57 Å². The molecule has 0 aliphatic carbocycles. The Morgan fingerprint density at radius 2 is 1.62 bits per heavy atom. The second-order valence-corrected chi connectivity index (χ2v) is 8.94. The van der Waals surface area contributed by atoms with Crippen LogP contribution in [0.25, 0.3) is 0 Å². The van der Waals surface area contributed by atoms with Crippen molar-refractivity contribution in [1.29, 1.82) is 0 Å². The molecule has 6 N–H and O–H groups in total. The molecule has 2 saturated heterocycles. The molecule has 0 saturated carbocycles. The largest absolute Gasteiger partial charge is 0.394 e. The van der Waals surface area contributed by atoms with Crippen LogP contribution in [0.4, 0.5) is 0 Å². The Balaban J connectivity index is 2.17. The zero-order chi connectivity index (χ0) is 24.2. The zero-order valence-electron chi connectivity index (χ0n) is 19.1. The molecule has 186 valence electrons. The van der Waals surface area contributed by atoms with Gasteiger partial charge in [-0.25, -0.2) is 0 Å². The average molecular weight is 463 g/mol. The van der Waals surface area contributed by atoms with Gasteiger partial charge in [0.2, 0.25) is 0 Å². The highest BCUT2D eigenvalue weighted by Gasteiger charge is 2.51. The van der Waals surface area contributed by atoms with Crippen LogP contribution in [-0.4, -0.2) is 104 Å². The summed E-state index contributed by atoms with van der Waals surface area (Å²) in [6.07, 6.45) is -8.77. The van der Waals surface area contributed by atoms with Crippen molar-refractivity contribution in [3.8, 4) is 0 Å². The monoisotopic (exact) mass is 462 g/mol. The van der Waals surface area contributed by atoms with Crippen molar-refractivity contribution in [3.05, 3.63) is 24.3 Å². The minimum absolute atomic E-state index is 0.540. The first kappa shape index (κ1) is 27.3. The Kier molecular flexibility index (Phi) is 9.80. The predicted octanol–water partition coefficient (Wildman–Crippen LogP) is -0.654. The first-order valence-corrected chi connectivity index (χ1v) is 10.9. The number of allylic oxidation sites excluding steroid dienone is 2. The van der Waals surface area contributed by atoms with Crippen LogP contribution < -0.4 is 0 Å². The van der Waals surface area contributed by atoms with E-state index in [1.807, 2.05) is 19.9 Å². The lowest BCUT2D eigenvalue weighted by Crippen LogP contribution is -2.64. The molecule has 0 aromatic rings. The normalized spacial score (nSPS) is 42.2. The molecule has 0 amide bonds. The van der Waals surface area contributed by atoms with Crippen LogP contribution in [-0.2, 0) is 18.9 Å². The van der Waals surface area contributed by atoms with Gasteiger partial charge in [0.05, 0.1) is 18.3 Å². The number of ether oxygens (including phenoxy) is 4. The Morgan fingerprint density at radius 1 is 0.969 bits per heavy atom. The van der Waals surface area contributed by atoms with Gasteiger partial charge in [0.1, 0.15) is 42.7 Å². The van der Waals surface area contributed by atoms with Gasteiger partial charge in [-0.1, -0.05) is 17.7 Å². The van der Waals surface area contributed by atoms with Gasteiger partial charge in [0.25, 0.3) is 0 Å². The summed E-state index contributed by atoms with van der Waals surface area (Å²) in [6, 6.07) is 0. The lowest BCUT2D eigenvalue weighted by Gasteiger charge is -2.47. The minimum atomic E-state index is -1.63. The quantitative estimate of drug-likeness (QED) is 0.243. The van der Waals surface area contributed by atoms with Crippen molar-refractivity contribution in [2.45, 2.75) is 108 Å². The van der Waals surface area contributed by atoms with Gasteiger partial charge in [-0.05, 0) is 40.5 Å². The average Bonchev–Trinajstić information content (AvgIpc) is 2.74. The third kappa shape index (κ3) is 6.35. The molecule has 2 rings (SSSR count). The highest BCUT2D eigenvalue weighted by molar-refractivity contribution is 5.01. The van der Waals surface area contributed by atoms with Crippen molar-refractivity contribution >= 4 is 0 Å². The van der Waals surface area contributed by atoms with Crippen LogP contribution in [0, 0.1) is 0 Å². The topological polar surface area (TPSA) is 158 Å². The number of aliphatic hydroxyl groups is 6. The maximum atomic E-state index is 10.9. The molecular formula is C22H38O10. The Morgan fingerprint density at radius 3 is 2.19 bits per heavy atom. The summed E-state index contributed by atoms with van der Waals surface area (Å²) in [5.74, 6) is 0. The van der Waals surface area contributed by atoms with E-state index < -0.39 is 73.6 Å². The van der Waals surface area contributed by atoms with Gasteiger partial charge in [0.15, 0.2) is 12.6 Å². The van der Waals surface area contributed by atoms with E-state index in [4.69, 9.17) is 18.9 Å². The lowest BCUT2D eigenvalue weighted by molar-refractivity contribution is -0.364. The van der Waals surface area contributed by atoms with E-state index in [1.54, 1.807) is 13.0 Å². The summed E-state index contributed by atoms with van der Waals surface area (Å²) in [5.41, 5.74) is 0.259. The van der Waals surface area contributed by atoms with Crippen LogP contribution >= 0.6 is 0 Å². The van der Waals surface area contributed by atoms with Crippen LogP contribution in [0.15, 0.2) is 24.3 Å². The summed E-state index contributed by atoms with van der Waals surface area (Å²) in [7, 11) is 0. The van der Waals surface area contributed by atoms with E-state index in [-0.39, 0.29) is 0 Å². The predicted molar refractivity (Wildman–Crippen MR) is 113 cm³/mol. The Bertz CT molecular complexity index is 638. The smallest absolute Gasteiger partial charge is 0.187 e. The molecule has 2 aliphatic heterocycles. The number of hydrogen-bond acceptors (Lipinski definition) is 10. The molecular weight excluding hydrogens is 424 g/mol. The van der Waals surface area contributed by atoms with Crippen molar-refractivity contribution in [2.24, 2.45) is 0 Å². The third-order valence-electron chi connectivity index (χ3n) is 5.93. The van der Waals surface area contributed by atoms with Gasteiger partial charge < -0.3 is 49.6 Å². The summed E-state index contributed by atoms with van der Waals surface area (Å²) >= 11 is 0. The molecule has 0 bridgehead atoms. The summed E-state index contributed by atoms with van der Waals surface area (Å²) in [5, 5.41) is 61.2. The van der Waals surface area contributed by atoms with E-state index in [9.17, 15) is 30.6 Å². The molecule has 11 atom stereocenters. The molecule has 0 unspecified atom stereocenters. The molecule has 0 spiro atoms. The SMILES string of the molecule is C=C[C@](C)(CCC=C(C)C)O[C@@H]1O[C@H](CO)[C@@H](O)[C@H](O[C@@H]2O[C@@H](C)[C@H](O)[C@@H](O)[C@H]2O)[C@H]1O. The highest BCUT2D eigenvalue weighted by atomic mass is 16.7. The fraction of sp³-hybridized carbons (Fsp3) is 0.818. The highest BCUT2D eigenvalue weighted by Crippen LogP contribution is 2.32. The first-order valence-electron chi connectivity index (χ1n) is 10.9. The number of aliphatic hydroxyl groups excluding tert-OH is 6. The van der Waals surface area contributed by atoms with E-state index in [0.29, 0.717) is 12.8 Å². The van der Waals surface area contributed by atoms with Crippen molar-refractivity contribution in [3.63, 3.8) is 0 Å². The third-order valence-corrected chi connectivity index (χ3v) is 5.93. The zero-order valence-corrected chi connectivity index (χ0v) is 19.1. The fourth-order valence-electron chi connectivity index (χ4n) is 3.71. The summed E-state index contributed by atoms with van der Waals surface area (Å²) < 4.78 is 22.6. The number of rotatable bonds is 9. The summed E-state index contributed by atoms with van der Waals surface area (Å²) in [6.45, 7) is 10.4. The fourth-order valence-corrected chi connectivity index (χ4v) is 3.71. The maximum Gasteiger partial charge on any atom is 0.187 e. The molecule has 0 aromatic carbocycles. The molecule has 10 nitrogen and oxygen atoms in total. The van der Waals surface area contributed by atoms with Gasteiger partial charge >= 0.3 is 0 Å². The number of hydrogen-bond donors (Lipinski definition) is 6. The standard InChI is InChI=1S/C22H38O10/c1-6-22(5,9-7-8-11(2)3)32-21-18(28)19(15(25)13(10-23)30-21)31-20-17(27)16(26)14(24)12(4)29-20/h6,8,12-21,23-28H,1,7,9-10H2,2-5H3/t12-,13+,14-,15+,16+,17+,18+,19-,20-,21-,22+/m0/s1. The van der Waals surface area contributed by atoms with Crippen LogP contribution in [0.1, 0.15) is 40.5 Å². The van der Waals surface area contributed by atoms with Gasteiger partial charge in [-0.3, -0.25) is 0 Å². The summed E-state index contributed by atoms with van der Waals surface area (Å²) in [4.78, 5) is 0. The first-order chi connectivity index (χ1) is 14.9. The van der Waals surface area contributed by atoms with Crippen LogP contribution in [0.3, 0.4) is 0 Å². The molecule has 0 radical (unpaired) electrons. The Hall–Kier alpha value is -0.920. The molecule has 2 fully saturated rings. The van der Waals surface area contributed by atoms with Crippen molar-refractivity contribution in [1.82, 2.24) is 0 Å². The van der Waals surface area contributed by atoms with Gasteiger partial charge in [-0.15, -0.1) is 6.58 Å². The molecule has 0 aromatic heterocycles. The van der Waals surface area contributed by atoms with E-state index >= 15 is 0 Å².